The fourth-order valence-electron chi connectivity index (χ4n) is 1.17. The zero-order valence-corrected chi connectivity index (χ0v) is 10.5. The Labute approximate surface area is 93.9 Å². The first-order valence-electron chi connectivity index (χ1n) is 4.41. The fraction of sp³-hybridized carbons (Fsp3) is 0.455. The minimum atomic E-state index is 0.103. The summed E-state index contributed by atoms with van der Waals surface area (Å²) in [5.74, 6) is 0. The summed E-state index contributed by atoms with van der Waals surface area (Å²) in [6.07, 6.45) is 0. The van der Waals surface area contributed by atoms with Crippen molar-refractivity contribution < 1.29 is 0 Å². The molecule has 0 radical (unpaired) electrons. The molecule has 1 atom stereocenters. The van der Waals surface area contributed by atoms with E-state index in [1.54, 1.807) is 0 Å². The van der Waals surface area contributed by atoms with E-state index in [4.69, 9.17) is 5.73 Å². The van der Waals surface area contributed by atoms with E-state index in [2.05, 4.69) is 67.6 Å². The Morgan fingerprint density at radius 2 is 1.62 bits per heavy atom. The number of nitrogens with two attached hydrogens (primary N) is 1. The molecule has 72 valence electrons. The van der Waals surface area contributed by atoms with Crippen LogP contribution in [0.3, 0.4) is 0 Å². The molecular weight excluding hydrogens is 273 g/mol. The van der Waals surface area contributed by atoms with Gasteiger partial charge < -0.3 is 5.73 Å². The van der Waals surface area contributed by atoms with Crippen LogP contribution in [-0.4, -0.2) is 0 Å². The standard InChI is InChI=1S/C11H16IN/c1-11(2,3)9-6-4-8(5-7-9)10(12)13/h4-7,10H,13H2,1-3H3. The maximum Gasteiger partial charge on any atom is 0.0824 e. The van der Waals surface area contributed by atoms with E-state index in [9.17, 15) is 0 Å². The van der Waals surface area contributed by atoms with E-state index in [1.807, 2.05) is 0 Å². The topological polar surface area (TPSA) is 26.0 Å². The van der Waals surface area contributed by atoms with Crippen molar-refractivity contribution in [2.45, 2.75) is 30.2 Å². The van der Waals surface area contributed by atoms with E-state index in [0.29, 0.717) is 0 Å². The molecule has 2 N–H and O–H groups in total. The highest BCUT2D eigenvalue weighted by Crippen LogP contribution is 2.24. The quantitative estimate of drug-likeness (QED) is 0.479. The lowest BCUT2D eigenvalue weighted by molar-refractivity contribution is 0.590. The van der Waals surface area contributed by atoms with Gasteiger partial charge in [0.2, 0.25) is 0 Å². The van der Waals surface area contributed by atoms with Crippen LogP contribution in [-0.2, 0) is 5.41 Å². The van der Waals surface area contributed by atoms with Gasteiger partial charge in [-0.2, -0.15) is 0 Å². The number of hydrogen-bond acceptors (Lipinski definition) is 1. The minimum Gasteiger partial charge on any atom is -0.316 e. The van der Waals surface area contributed by atoms with Crippen LogP contribution in [0.15, 0.2) is 24.3 Å². The first-order valence-corrected chi connectivity index (χ1v) is 5.66. The molecular formula is C11H16IN. The molecule has 0 fully saturated rings. The van der Waals surface area contributed by atoms with Crippen LogP contribution in [0.4, 0.5) is 0 Å². The summed E-state index contributed by atoms with van der Waals surface area (Å²) in [5.41, 5.74) is 8.53. The molecule has 0 aliphatic carbocycles. The molecule has 1 aromatic carbocycles. The minimum absolute atomic E-state index is 0.103. The number of halogens is 1. The van der Waals surface area contributed by atoms with Crippen molar-refractivity contribution in [2.24, 2.45) is 5.73 Å². The van der Waals surface area contributed by atoms with Crippen LogP contribution in [0.1, 0.15) is 35.9 Å². The third-order valence-electron chi connectivity index (χ3n) is 2.10. The highest BCUT2D eigenvalue weighted by atomic mass is 127. The maximum atomic E-state index is 5.76. The predicted molar refractivity (Wildman–Crippen MR) is 66.1 cm³/mol. The first-order chi connectivity index (χ1) is 5.91. The summed E-state index contributed by atoms with van der Waals surface area (Å²) >= 11 is 2.22. The van der Waals surface area contributed by atoms with Crippen LogP contribution in [0, 0.1) is 0 Å². The number of benzene rings is 1. The summed E-state index contributed by atoms with van der Waals surface area (Å²) in [4.78, 5) is 0. The third kappa shape index (κ3) is 2.95. The highest BCUT2D eigenvalue weighted by molar-refractivity contribution is 14.1. The van der Waals surface area contributed by atoms with Crippen LogP contribution < -0.4 is 5.73 Å². The Kier molecular flexibility index (Phi) is 3.35. The van der Waals surface area contributed by atoms with Crippen LogP contribution in [0.2, 0.25) is 0 Å². The lowest BCUT2D eigenvalue weighted by atomic mass is 9.87. The summed E-state index contributed by atoms with van der Waals surface area (Å²) < 4.78 is 0.103. The van der Waals surface area contributed by atoms with Crippen LogP contribution in [0.25, 0.3) is 0 Å². The molecule has 1 nitrogen and oxygen atoms in total. The number of alkyl halides is 1. The van der Waals surface area contributed by atoms with Gasteiger partial charge in [-0.05, 0) is 16.5 Å². The number of hydrogen-bond donors (Lipinski definition) is 1. The van der Waals surface area contributed by atoms with E-state index < -0.39 is 0 Å². The van der Waals surface area contributed by atoms with E-state index >= 15 is 0 Å². The van der Waals surface area contributed by atoms with Crippen molar-refractivity contribution in [2.75, 3.05) is 0 Å². The van der Waals surface area contributed by atoms with Gasteiger partial charge >= 0.3 is 0 Å². The molecule has 0 bridgehead atoms. The molecule has 0 saturated heterocycles. The maximum absolute atomic E-state index is 5.76. The SMILES string of the molecule is CC(C)(C)c1ccc(C(N)I)cc1. The Bertz CT molecular complexity index is 269. The summed E-state index contributed by atoms with van der Waals surface area (Å²) in [6.45, 7) is 6.64. The van der Waals surface area contributed by atoms with Gasteiger partial charge in [-0.1, -0.05) is 67.6 Å². The predicted octanol–water partition coefficient (Wildman–Crippen LogP) is 3.38. The van der Waals surface area contributed by atoms with E-state index in [-0.39, 0.29) is 9.46 Å². The van der Waals surface area contributed by atoms with Crippen molar-refractivity contribution in [1.82, 2.24) is 0 Å². The summed E-state index contributed by atoms with van der Waals surface area (Å²) in [5, 5.41) is 0. The average Bonchev–Trinajstić information content (AvgIpc) is 2.03. The summed E-state index contributed by atoms with van der Waals surface area (Å²) in [6, 6.07) is 8.54. The molecule has 0 aromatic heterocycles. The van der Waals surface area contributed by atoms with Gasteiger partial charge in [-0.15, -0.1) is 0 Å². The zero-order valence-electron chi connectivity index (χ0n) is 8.34. The van der Waals surface area contributed by atoms with Gasteiger partial charge in [0.25, 0.3) is 0 Å². The normalized spacial score (nSPS) is 14.2. The monoisotopic (exact) mass is 289 g/mol. The Balaban J connectivity index is 2.94. The van der Waals surface area contributed by atoms with Crippen molar-refractivity contribution in [3.05, 3.63) is 35.4 Å². The first kappa shape index (κ1) is 11.0. The smallest absolute Gasteiger partial charge is 0.0824 e. The fourth-order valence-corrected chi connectivity index (χ4v) is 1.58. The van der Waals surface area contributed by atoms with Gasteiger partial charge in [0.1, 0.15) is 0 Å². The molecule has 0 amide bonds. The van der Waals surface area contributed by atoms with E-state index in [1.165, 1.54) is 11.1 Å². The largest absolute Gasteiger partial charge is 0.316 e. The highest BCUT2D eigenvalue weighted by Gasteiger charge is 2.13. The van der Waals surface area contributed by atoms with Crippen molar-refractivity contribution in [1.29, 1.82) is 0 Å². The van der Waals surface area contributed by atoms with E-state index in [0.717, 1.165) is 0 Å². The van der Waals surface area contributed by atoms with Crippen molar-refractivity contribution in [3.8, 4) is 0 Å². The molecule has 1 rings (SSSR count). The third-order valence-corrected chi connectivity index (χ3v) is 2.81. The molecule has 0 aliphatic heterocycles. The molecule has 1 aromatic rings. The average molecular weight is 289 g/mol. The van der Waals surface area contributed by atoms with Crippen LogP contribution in [0.5, 0.6) is 0 Å². The second kappa shape index (κ2) is 3.96. The molecule has 13 heavy (non-hydrogen) atoms. The van der Waals surface area contributed by atoms with Gasteiger partial charge in [0, 0.05) is 0 Å². The van der Waals surface area contributed by atoms with Gasteiger partial charge in [0.05, 0.1) is 4.05 Å². The van der Waals surface area contributed by atoms with Crippen molar-refractivity contribution in [3.63, 3.8) is 0 Å². The molecule has 0 saturated carbocycles. The van der Waals surface area contributed by atoms with Gasteiger partial charge in [-0.25, -0.2) is 0 Å². The second-order valence-electron chi connectivity index (χ2n) is 4.27. The molecule has 0 aliphatic rings. The Morgan fingerprint density at radius 1 is 1.15 bits per heavy atom. The number of rotatable bonds is 1. The van der Waals surface area contributed by atoms with Crippen LogP contribution >= 0.6 is 22.6 Å². The lowest BCUT2D eigenvalue weighted by Gasteiger charge is -2.19. The molecule has 0 heterocycles. The van der Waals surface area contributed by atoms with Gasteiger partial charge in [0.15, 0.2) is 0 Å². The Morgan fingerprint density at radius 3 is 1.92 bits per heavy atom. The Hall–Kier alpha value is -0.0900. The summed E-state index contributed by atoms with van der Waals surface area (Å²) in [7, 11) is 0. The molecule has 1 unspecified atom stereocenters. The zero-order chi connectivity index (χ0) is 10.1. The molecule has 2 heteroatoms. The molecule has 0 spiro atoms. The van der Waals surface area contributed by atoms with Crippen molar-refractivity contribution >= 4 is 22.6 Å². The lowest BCUT2D eigenvalue weighted by Crippen LogP contribution is -2.11. The van der Waals surface area contributed by atoms with Gasteiger partial charge in [-0.3, -0.25) is 0 Å². The second-order valence-corrected chi connectivity index (χ2v) is 5.62.